The van der Waals surface area contributed by atoms with E-state index in [0.717, 1.165) is 24.8 Å². The first-order chi connectivity index (χ1) is 19.6. The molecule has 0 bridgehead atoms. The van der Waals surface area contributed by atoms with E-state index < -0.39 is 17.7 Å². The van der Waals surface area contributed by atoms with Crippen molar-refractivity contribution in [1.82, 2.24) is 15.2 Å². The van der Waals surface area contributed by atoms with Crippen LogP contribution in [0.25, 0.3) is 5.76 Å². The van der Waals surface area contributed by atoms with Crippen LogP contribution in [-0.2, 0) is 15.3 Å². The Morgan fingerprint density at radius 3 is 2.48 bits per heavy atom. The number of carbonyl (C=O) groups excluding carboxylic acids is 2. The Morgan fingerprint density at radius 1 is 1.00 bits per heavy atom. The van der Waals surface area contributed by atoms with Gasteiger partial charge in [0.25, 0.3) is 5.78 Å². The summed E-state index contributed by atoms with van der Waals surface area (Å²) in [5.74, 6) is -0.429. The number of pyridine rings is 1. The lowest BCUT2D eigenvalue weighted by atomic mass is 9.95. The highest BCUT2D eigenvalue weighted by molar-refractivity contribution is 8.00. The molecular weight excluding hydrogens is 544 g/mol. The van der Waals surface area contributed by atoms with Gasteiger partial charge in [0.1, 0.15) is 11.5 Å². The molecule has 40 heavy (non-hydrogen) atoms. The number of nitrogens with zero attached hydrogens (tertiary/aromatic N) is 4. The highest BCUT2D eigenvalue weighted by atomic mass is 32.2. The molecule has 4 aromatic rings. The minimum atomic E-state index is -0.887. The average Bonchev–Trinajstić information content (AvgIpc) is 3.57. The van der Waals surface area contributed by atoms with Crippen molar-refractivity contribution in [3.63, 3.8) is 0 Å². The molecule has 0 aliphatic carbocycles. The van der Waals surface area contributed by atoms with E-state index in [-0.39, 0.29) is 16.5 Å². The molecule has 2 aromatic carbocycles. The zero-order chi connectivity index (χ0) is 27.9. The molecule has 0 saturated carbocycles. The number of ketones is 1. The first-order valence-corrected chi connectivity index (χ1v) is 14.8. The van der Waals surface area contributed by atoms with Crippen molar-refractivity contribution in [1.29, 1.82) is 0 Å². The molecule has 1 unspecified atom stereocenters. The number of rotatable bonds is 11. The number of ether oxygens (including phenoxy) is 1. The van der Waals surface area contributed by atoms with E-state index >= 15 is 0 Å². The van der Waals surface area contributed by atoms with Gasteiger partial charge in [-0.3, -0.25) is 19.5 Å². The van der Waals surface area contributed by atoms with Gasteiger partial charge in [-0.2, -0.15) is 0 Å². The van der Waals surface area contributed by atoms with Crippen molar-refractivity contribution in [2.24, 2.45) is 0 Å². The summed E-state index contributed by atoms with van der Waals surface area (Å²) >= 11 is 2.74. The van der Waals surface area contributed by atoms with Crippen LogP contribution < -0.4 is 9.64 Å². The Morgan fingerprint density at radius 2 is 1.75 bits per heavy atom. The fourth-order valence-corrected chi connectivity index (χ4v) is 6.20. The zero-order valence-electron chi connectivity index (χ0n) is 21.9. The van der Waals surface area contributed by atoms with Crippen LogP contribution in [0.3, 0.4) is 0 Å². The Bertz CT molecular complexity index is 1490. The summed E-state index contributed by atoms with van der Waals surface area (Å²) in [5.41, 5.74) is 2.16. The Kier molecular flexibility index (Phi) is 8.87. The fraction of sp³-hybridized carbons (Fsp3) is 0.233. The van der Waals surface area contributed by atoms with Crippen molar-refractivity contribution in [3.05, 3.63) is 101 Å². The van der Waals surface area contributed by atoms with Gasteiger partial charge in [0, 0.05) is 23.7 Å². The number of benzene rings is 2. The van der Waals surface area contributed by atoms with Crippen LogP contribution >= 0.6 is 23.1 Å². The van der Waals surface area contributed by atoms with Gasteiger partial charge in [0.05, 0.1) is 18.2 Å². The normalized spacial score (nSPS) is 16.4. The maximum absolute atomic E-state index is 13.4. The van der Waals surface area contributed by atoms with E-state index in [1.807, 2.05) is 54.6 Å². The monoisotopic (exact) mass is 572 g/mol. The summed E-state index contributed by atoms with van der Waals surface area (Å²) in [6.07, 6.45) is 6.20. The second kappa shape index (κ2) is 12.9. The average molecular weight is 573 g/mol. The molecule has 1 fully saturated rings. The number of thioether (sulfide) groups is 1. The van der Waals surface area contributed by atoms with Crippen LogP contribution in [0, 0.1) is 0 Å². The molecule has 1 aliphatic heterocycles. The molecule has 1 N–H and O–H groups in total. The third-order valence-corrected chi connectivity index (χ3v) is 8.54. The van der Waals surface area contributed by atoms with E-state index in [1.165, 1.54) is 40.4 Å². The number of aliphatic hydroxyl groups is 1. The topological polar surface area (TPSA) is 106 Å². The van der Waals surface area contributed by atoms with Gasteiger partial charge < -0.3 is 9.84 Å². The van der Waals surface area contributed by atoms with Gasteiger partial charge in [-0.25, -0.2) is 0 Å². The second-order valence-electron chi connectivity index (χ2n) is 9.15. The van der Waals surface area contributed by atoms with Crippen LogP contribution in [0.15, 0.2) is 89.0 Å². The number of unbranched alkanes of at least 4 members (excludes halogenated alkanes) is 2. The van der Waals surface area contributed by atoms with Crippen LogP contribution in [0.4, 0.5) is 5.13 Å². The van der Waals surface area contributed by atoms with Gasteiger partial charge in [0.2, 0.25) is 5.13 Å². The summed E-state index contributed by atoms with van der Waals surface area (Å²) in [6.45, 7) is 2.75. The molecule has 0 radical (unpaired) electrons. The summed E-state index contributed by atoms with van der Waals surface area (Å²) in [5, 5.41) is 20.1. The number of carbonyl (C=O) groups is 2. The molecule has 1 atom stereocenters. The highest BCUT2D eigenvalue weighted by Crippen LogP contribution is 2.44. The summed E-state index contributed by atoms with van der Waals surface area (Å²) in [4.78, 5) is 32.1. The smallest absolute Gasteiger partial charge is 0.301 e. The third-order valence-electron chi connectivity index (χ3n) is 6.42. The quantitative estimate of drug-likeness (QED) is 0.0548. The van der Waals surface area contributed by atoms with Crippen molar-refractivity contribution < 1.29 is 19.4 Å². The van der Waals surface area contributed by atoms with Crippen LogP contribution in [0.1, 0.15) is 48.9 Å². The lowest BCUT2D eigenvalue weighted by Crippen LogP contribution is -2.29. The van der Waals surface area contributed by atoms with Crippen molar-refractivity contribution in [2.75, 3.05) is 11.5 Å². The number of hydrogen-bond donors (Lipinski definition) is 1. The number of hydrogen-bond acceptors (Lipinski definition) is 9. The van der Waals surface area contributed by atoms with E-state index in [4.69, 9.17) is 4.74 Å². The van der Waals surface area contributed by atoms with E-state index in [1.54, 1.807) is 12.1 Å². The molecule has 1 aliphatic rings. The molecule has 0 spiro atoms. The van der Waals surface area contributed by atoms with Gasteiger partial charge in [-0.1, -0.05) is 85.3 Å². The molecule has 204 valence electrons. The lowest BCUT2D eigenvalue weighted by Gasteiger charge is -2.22. The number of aliphatic hydroxyl groups excluding tert-OH is 1. The fourth-order valence-electron chi connectivity index (χ4n) is 4.38. The number of Topliss-reactive ketones (excluding diaryl/α,β-unsaturated/α-hetero) is 1. The van der Waals surface area contributed by atoms with E-state index in [2.05, 4.69) is 22.1 Å². The highest BCUT2D eigenvalue weighted by Gasteiger charge is 2.48. The van der Waals surface area contributed by atoms with Crippen molar-refractivity contribution in [2.45, 2.75) is 42.3 Å². The lowest BCUT2D eigenvalue weighted by molar-refractivity contribution is -0.132. The molecule has 3 heterocycles. The number of aromatic nitrogens is 3. The number of amides is 1. The predicted molar refractivity (Wildman–Crippen MR) is 156 cm³/mol. The standard InChI is InChI=1S/C30H28N4O4S2/c1-2-3-7-18-38-23-12-10-21(11-13-23)25-24(26(35)22-14-16-31-17-15-22)27(36)28(37)34(25)29-32-33-30(40-29)39-19-20-8-5-4-6-9-20/h4-6,8-17,25,35H,2-3,7,18-19H2,1H3/b26-24+. The Balaban J connectivity index is 1.48. The second-order valence-corrected chi connectivity index (χ2v) is 11.3. The van der Waals surface area contributed by atoms with Crippen molar-refractivity contribution in [3.8, 4) is 5.75 Å². The summed E-state index contributed by atoms with van der Waals surface area (Å²) in [7, 11) is 0. The molecule has 2 aromatic heterocycles. The first-order valence-electron chi connectivity index (χ1n) is 13.0. The molecule has 10 heteroatoms. The maximum Gasteiger partial charge on any atom is 0.301 e. The van der Waals surface area contributed by atoms with Crippen LogP contribution in [0.5, 0.6) is 5.75 Å². The van der Waals surface area contributed by atoms with Crippen molar-refractivity contribution >= 4 is 45.7 Å². The van der Waals surface area contributed by atoms with Gasteiger partial charge in [0.15, 0.2) is 4.34 Å². The van der Waals surface area contributed by atoms with Gasteiger partial charge >= 0.3 is 5.91 Å². The van der Waals surface area contributed by atoms with Crippen LogP contribution in [0.2, 0.25) is 0 Å². The molecule has 1 saturated heterocycles. The summed E-state index contributed by atoms with van der Waals surface area (Å²) < 4.78 is 6.52. The third kappa shape index (κ3) is 6.08. The summed E-state index contributed by atoms with van der Waals surface area (Å²) in [6, 6.07) is 19.5. The van der Waals surface area contributed by atoms with Crippen LogP contribution in [-0.4, -0.2) is 38.6 Å². The maximum atomic E-state index is 13.4. The number of anilines is 1. The van der Waals surface area contributed by atoms with Gasteiger partial charge in [-0.15, -0.1) is 10.2 Å². The largest absolute Gasteiger partial charge is 0.507 e. The SMILES string of the molecule is CCCCCOc1ccc(C2/C(=C(\O)c3ccncc3)C(=O)C(=O)N2c2nnc(SCc3ccccc3)s2)cc1. The molecular formula is C30H28N4O4S2. The molecule has 1 amide bonds. The van der Waals surface area contributed by atoms with E-state index in [9.17, 15) is 14.7 Å². The predicted octanol–water partition coefficient (Wildman–Crippen LogP) is 6.42. The molecule has 8 nitrogen and oxygen atoms in total. The Labute approximate surface area is 240 Å². The minimum absolute atomic E-state index is 0.0125. The van der Waals surface area contributed by atoms with Gasteiger partial charge in [-0.05, 0) is 41.8 Å². The van der Waals surface area contributed by atoms with E-state index in [0.29, 0.717) is 33.6 Å². The first kappa shape index (κ1) is 27.5. The minimum Gasteiger partial charge on any atom is -0.507 e. The zero-order valence-corrected chi connectivity index (χ0v) is 23.5. The Hall–Kier alpha value is -4.02. The molecule has 5 rings (SSSR count).